The number of aromatic amines is 1. The Labute approximate surface area is 128 Å². The monoisotopic (exact) mass is 295 g/mol. The maximum absolute atomic E-state index is 9.40. The first-order valence-corrected chi connectivity index (χ1v) is 7.54. The lowest BCUT2D eigenvalue weighted by molar-refractivity contribution is -0.410. The summed E-state index contributed by atoms with van der Waals surface area (Å²) in [5.74, 6) is 1.06. The number of nitriles is 2. The lowest BCUT2D eigenvalue weighted by Crippen LogP contribution is -2.19. The van der Waals surface area contributed by atoms with Crippen molar-refractivity contribution in [2.24, 2.45) is 0 Å². The number of pyridine rings is 1. The van der Waals surface area contributed by atoms with Crippen LogP contribution in [0.2, 0.25) is 0 Å². The van der Waals surface area contributed by atoms with Crippen LogP contribution in [0.5, 0.6) is 0 Å². The molecule has 1 heterocycles. The second-order valence-electron chi connectivity index (χ2n) is 4.45. The average molecular weight is 295 g/mol. The first-order chi connectivity index (χ1) is 10.2. The molecule has 0 amide bonds. The van der Waals surface area contributed by atoms with E-state index in [-0.39, 0.29) is 0 Å². The Morgan fingerprint density at radius 2 is 1.81 bits per heavy atom. The van der Waals surface area contributed by atoms with Crippen LogP contribution in [0.3, 0.4) is 0 Å². The zero-order valence-electron chi connectivity index (χ0n) is 11.7. The zero-order valence-corrected chi connectivity index (χ0v) is 12.5. The molecule has 4 nitrogen and oxygen atoms in total. The molecule has 0 saturated heterocycles. The Hall–Kier alpha value is -2.50. The smallest absolute Gasteiger partial charge is 0.286 e. The van der Waals surface area contributed by atoms with E-state index in [4.69, 9.17) is 5.73 Å². The molecule has 0 atom stereocenters. The molecule has 0 aliphatic carbocycles. The van der Waals surface area contributed by atoms with Gasteiger partial charge in [-0.2, -0.15) is 10.5 Å². The Bertz CT molecular complexity index is 727. The second kappa shape index (κ2) is 6.78. The van der Waals surface area contributed by atoms with Crippen molar-refractivity contribution in [3.8, 4) is 12.1 Å². The molecule has 0 aliphatic heterocycles. The summed E-state index contributed by atoms with van der Waals surface area (Å²) in [7, 11) is 0. The maximum atomic E-state index is 9.40. The second-order valence-corrected chi connectivity index (χ2v) is 5.43. The fourth-order valence-corrected chi connectivity index (χ4v) is 3.11. The van der Waals surface area contributed by atoms with Crippen molar-refractivity contribution >= 4 is 17.6 Å². The summed E-state index contributed by atoms with van der Waals surface area (Å²) < 4.78 is 0. The minimum absolute atomic E-state index is 0.323. The Morgan fingerprint density at radius 1 is 1.14 bits per heavy atom. The molecule has 104 valence electrons. The van der Waals surface area contributed by atoms with Gasteiger partial charge in [-0.25, -0.2) is 4.98 Å². The third-order valence-electron chi connectivity index (χ3n) is 3.15. The van der Waals surface area contributed by atoms with Gasteiger partial charge in [-0.05, 0) is 12.0 Å². The topological polar surface area (TPSA) is 87.7 Å². The van der Waals surface area contributed by atoms with E-state index in [2.05, 4.69) is 17.1 Å². The van der Waals surface area contributed by atoms with Crippen LogP contribution in [0.15, 0.2) is 35.4 Å². The minimum atomic E-state index is 0.323. The summed E-state index contributed by atoms with van der Waals surface area (Å²) in [6.07, 6.45) is 0.601. The van der Waals surface area contributed by atoms with Crippen molar-refractivity contribution in [1.82, 2.24) is 0 Å². The van der Waals surface area contributed by atoms with Crippen molar-refractivity contribution in [3.63, 3.8) is 0 Å². The molecular weight excluding hydrogens is 280 g/mol. The van der Waals surface area contributed by atoms with E-state index in [1.807, 2.05) is 37.3 Å². The van der Waals surface area contributed by atoms with E-state index < -0.39 is 0 Å². The van der Waals surface area contributed by atoms with Gasteiger partial charge >= 0.3 is 0 Å². The molecule has 0 unspecified atom stereocenters. The highest BCUT2D eigenvalue weighted by Crippen LogP contribution is 2.27. The van der Waals surface area contributed by atoms with Crippen molar-refractivity contribution in [2.45, 2.75) is 24.1 Å². The molecule has 5 heteroatoms. The number of nitrogen functional groups attached to an aromatic ring is 1. The minimum Gasteiger partial charge on any atom is -0.286 e. The summed E-state index contributed by atoms with van der Waals surface area (Å²) in [5, 5.41) is 19.3. The first-order valence-electron chi connectivity index (χ1n) is 6.55. The fourth-order valence-electron chi connectivity index (χ4n) is 2.11. The van der Waals surface area contributed by atoms with Gasteiger partial charge in [-0.1, -0.05) is 49.0 Å². The third-order valence-corrected chi connectivity index (χ3v) is 4.22. The maximum Gasteiger partial charge on any atom is 0.289 e. The normalized spacial score (nSPS) is 9.86. The van der Waals surface area contributed by atoms with E-state index in [0.717, 1.165) is 10.8 Å². The number of aromatic nitrogens is 1. The van der Waals surface area contributed by atoms with E-state index in [1.165, 1.54) is 17.3 Å². The van der Waals surface area contributed by atoms with Crippen LogP contribution >= 0.6 is 11.8 Å². The highest BCUT2D eigenvalue weighted by molar-refractivity contribution is 7.98. The third kappa shape index (κ3) is 3.16. The number of rotatable bonds is 4. The molecule has 0 spiro atoms. The van der Waals surface area contributed by atoms with Gasteiger partial charge in [-0.3, -0.25) is 5.73 Å². The highest BCUT2D eigenvalue weighted by Gasteiger charge is 2.21. The Balaban J connectivity index is 2.38. The number of thioether (sulfide) groups is 1. The van der Waals surface area contributed by atoms with Gasteiger partial charge in [-0.15, -0.1) is 0 Å². The van der Waals surface area contributed by atoms with Gasteiger partial charge in [0, 0.05) is 11.3 Å². The number of nitrogens with zero attached hydrogens (tertiary/aromatic N) is 2. The molecule has 0 aliphatic rings. The van der Waals surface area contributed by atoms with Crippen LogP contribution in [0, 0.1) is 22.7 Å². The molecule has 0 bridgehead atoms. The first kappa shape index (κ1) is 14.9. The van der Waals surface area contributed by atoms with Gasteiger partial charge in [0.25, 0.3) is 5.82 Å². The number of nitrogens with one attached hydrogen (secondary N) is 1. The SMILES string of the molecule is CCc1c(C#N)c(N)[nH+]c(SCc2ccccc2)c1C#N. The zero-order chi connectivity index (χ0) is 15.2. The summed E-state index contributed by atoms with van der Waals surface area (Å²) in [6.45, 7) is 1.92. The Kier molecular flexibility index (Phi) is 4.81. The fraction of sp³-hybridized carbons (Fsp3) is 0.188. The van der Waals surface area contributed by atoms with E-state index >= 15 is 0 Å². The average Bonchev–Trinajstić information content (AvgIpc) is 2.53. The number of H-pyrrole nitrogens is 1. The van der Waals surface area contributed by atoms with E-state index in [9.17, 15) is 10.5 Å². The predicted molar refractivity (Wildman–Crippen MR) is 82.2 cm³/mol. The quantitative estimate of drug-likeness (QED) is 0.878. The van der Waals surface area contributed by atoms with Crippen LogP contribution in [-0.2, 0) is 12.2 Å². The summed E-state index contributed by atoms with van der Waals surface area (Å²) in [6, 6.07) is 14.3. The van der Waals surface area contributed by atoms with Crippen molar-refractivity contribution in [2.75, 3.05) is 5.73 Å². The molecule has 0 saturated carbocycles. The van der Waals surface area contributed by atoms with Crippen molar-refractivity contribution in [3.05, 3.63) is 52.6 Å². The summed E-state index contributed by atoms with van der Waals surface area (Å²) in [5.41, 5.74) is 8.67. The van der Waals surface area contributed by atoms with Gasteiger partial charge in [0.1, 0.15) is 23.3 Å². The molecular formula is C16H15N4S+. The number of anilines is 1. The molecule has 2 rings (SSSR count). The number of benzene rings is 1. The van der Waals surface area contributed by atoms with Crippen LogP contribution in [0.1, 0.15) is 29.2 Å². The van der Waals surface area contributed by atoms with Crippen LogP contribution in [0.4, 0.5) is 5.82 Å². The lowest BCUT2D eigenvalue weighted by atomic mass is 10.0. The highest BCUT2D eigenvalue weighted by atomic mass is 32.2. The van der Waals surface area contributed by atoms with Crippen LogP contribution < -0.4 is 10.7 Å². The molecule has 0 fully saturated rings. The van der Waals surface area contributed by atoms with Gasteiger partial charge in [0.15, 0.2) is 5.03 Å². The van der Waals surface area contributed by atoms with Gasteiger partial charge < -0.3 is 0 Å². The number of hydrogen-bond donors (Lipinski definition) is 1. The largest absolute Gasteiger partial charge is 0.289 e. The van der Waals surface area contributed by atoms with E-state index in [1.54, 1.807) is 0 Å². The molecule has 21 heavy (non-hydrogen) atoms. The molecule has 2 aromatic rings. The van der Waals surface area contributed by atoms with Gasteiger partial charge in [0.05, 0.1) is 0 Å². The summed E-state index contributed by atoms with van der Waals surface area (Å²) >= 11 is 1.52. The molecule has 3 N–H and O–H groups in total. The van der Waals surface area contributed by atoms with E-state index in [0.29, 0.717) is 28.9 Å². The number of hydrogen-bond acceptors (Lipinski definition) is 4. The van der Waals surface area contributed by atoms with Crippen LogP contribution in [0.25, 0.3) is 0 Å². The summed E-state index contributed by atoms with van der Waals surface area (Å²) in [4.78, 5) is 2.99. The van der Waals surface area contributed by atoms with Gasteiger partial charge in [0.2, 0.25) is 0 Å². The van der Waals surface area contributed by atoms with Crippen LogP contribution in [-0.4, -0.2) is 0 Å². The molecule has 1 aromatic carbocycles. The molecule has 1 aromatic heterocycles. The predicted octanol–water partition coefficient (Wildman–Crippen LogP) is 2.68. The van der Waals surface area contributed by atoms with Crippen molar-refractivity contribution < 1.29 is 4.98 Å². The van der Waals surface area contributed by atoms with Crippen molar-refractivity contribution in [1.29, 1.82) is 10.5 Å². The number of nitrogens with two attached hydrogens (primary N) is 1. The Morgan fingerprint density at radius 3 is 2.38 bits per heavy atom. The molecule has 0 radical (unpaired) electrons. The standard InChI is InChI=1S/C16H14N4S/c1-2-12-13(8-17)15(19)20-16(14(12)9-18)21-10-11-6-4-3-5-7-11/h3-7H,2,10H2,1H3,(H2,19,20)/p+1. The lowest BCUT2D eigenvalue weighted by Gasteiger charge is -2.08.